The van der Waals surface area contributed by atoms with E-state index in [9.17, 15) is 29.5 Å². The largest absolute Gasteiger partial charge is 0.491 e. The number of hydrogen-bond acceptors (Lipinski definition) is 9. The van der Waals surface area contributed by atoms with Crippen LogP contribution in [0.25, 0.3) is 6.08 Å². The summed E-state index contributed by atoms with van der Waals surface area (Å²) in [5.41, 5.74) is -0.170. The number of ether oxygens (including phenoxy) is 1. The van der Waals surface area contributed by atoms with Crippen LogP contribution in [0.2, 0.25) is 0 Å². The third-order valence-electron chi connectivity index (χ3n) is 7.27. The lowest BCUT2D eigenvalue weighted by molar-refractivity contribution is -0.132. The fourth-order valence-corrected chi connectivity index (χ4v) is 4.89. The number of rotatable bonds is 13. The molecule has 2 aromatic rings. The molecule has 5 N–H and O–H groups in total. The first kappa shape index (κ1) is 35.8. The van der Waals surface area contributed by atoms with Crippen LogP contribution in [0.4, 0.5) is 0 Å². The summed E-state index contributed by atoms with van der Waals surface area (Å²) < 4.78 is 10.8. The van der Waals surface area contributed by atoms with Crippen molar-refractivity contribution in [1.29, 1.82) is 5.26 Å². The molecule has 0 spiro atoms. The molecule has 1 heterocycles. The van der Waals surface area contributed by atoms with Crippen LogP contribution in [0, 0.1) is 24.2 Å². The van der Waals surface area contributed by atoms with Crippen LogP contribution >= 0.6 is 0 Å². The Kier molecular flexibility index (Phi) is 12.9. The molecular weight excluding hydrogens is 592 g/mol. The lowest BCUT2D eigenvalue weighted by Gasteiger charge is -2.26. The quantitative estimate of drug-likeness (QED) is 0.162. The molecule has 1 fully saturated rings. The van der Waals surface area contributed by atoms with Gasteiger partial charge in [0.05, 0.1) is 6.10 Å². The highest BCUT2D eigenvalue weighted by molar-refractivity contribution is 6.02. The number of aliphatic hydroxyl groups excluding tert-OH is 1. The van der Waals surface area contributed by atoms with E-state index in [-0.39, 0.29) is 17.9 Å². The predicted molar refractivity (Wildman–Crippen MR) is 169 cm³/mol. The first-order chi connectivity index (χ1) is 21.8. The SMILES string of the molecule is Cc1cc(C(=O)N[C@H](C(=O)N[C@@H](COc2cccc(C=C(C#N)C(=O)NC(C)(C)C)c2)C(=O)NCC2CCCCC2)[C@@H](C)O)no1. The van der Waals surface area contributed by atoms with Crippen molar-refractivity contribution in [2.75, 3.05) is 13.2 Å². The zero-order valence-electron chi connectivity index (χ0n) is 27.0. The Labute approximate surface area is 269 Å². The number of aromatic nitrogens is 1. The molecule has 1 aromatic heterocycles. The maximum absolute atomic E-state index is 13.4. The lowest BCUT2D eigenvalue weighted by Crippen LogP contribution is -2.58. The molecule has 248 valence electrons. The molecule has 13 heteroatoms. The number of nitriles is 1. The van der Waals surface area contributed by atoms with Crippen molar-refractivity contribution >= 4 is 29.7 Å². The van der Waals surface area contributed by atoms with Gasteiger partial charge >= 0.3 is 0 Å². The maximum Gasteiger partial charge on any atom is 0.274 e. The predicted octanol–water partition coefficient (Wildman–Crippen LogP) is 2.54. The number of benzene rings is 1. The summed E-state index contributed by atoms with van der Waals surface area (Å²) in [4.78, 5) is 51.8. The fraction of sp³-hybridized carbons (Fsp3) is 0.515. The number of nitrogens with one attached hydrogen (secondary N) is 4. The summed E-state index contributed by atoms with van der Waals surface area (Å²) >= 11 is 0. The summed E-state index contributed by atoms with van der Waals surface area (Å²) in [6.45, 7) is 8.54. The monoisotopic (exact) mass is 636 g/mol. The van der Waals surface area contributed by atoms with Crippen molar-refractivity contribution in [3.63, 3.8) is 0 Å². The van der Waals surface area contributed by atoms with Gasteiger partial charge in [0, 0.05) is 18.2 Å². The molecule has 0 bridgehead atoms. The second kappa shape index (κ2) is 16.6. The van der Waals surface area contributed by atoms with Crippen molar-refractivity contribution in [3.05, 3.63) is 52.9 Å². The van der Waals surface area contributed by atoms with Crippen molar-refractivity contribution in [2.24, 2.45) is 5.92 Å². The Balaban J connectivity index is 1.76. The van der Waals surface area contributed by atoms with Crippen LogP contribution in [0.15, 0.2) is 40.4 Å². The number of aryl methyl sites for hydroxylation is 1. The molecule has 13 nitrogen and oxygen atoms in total. The van der Waals surface area contributed by atoms with Crippen LogP contribution in [-0.2, 0) is 14.4 Å². The summed E-state index contributed by atoms with van der Waals surface area (Å²) in [7, 11) is 0. The van der Waals surface area contributed by atoms with Gasteiger partial charge in [0.1, 0.15) is 41.8 Å². The Hall–Kier alpha value is -4.70. The summed E-state index contributed by atoms with van der Waals surface area (Å²) in [5, 5.41) is 34.2. The number of carbonyl (C=O) groups excluding carboxylic acids is 4. The molecular formula is C33H44N6O7. The van der Waals surface area contributed by atoms with Gasteiger partial charge in [-0.2, -0.15) is 5.26 Å². The summed E-state index contributed by atoms with van der Waals surface area (Å²) in [6, 6.07) is 7.30. The second-order valence-electron chi connectivity index (χ2n) is 12.6. The molecule has 1 aromatic carbocycles. The highest BCUT2D eigenvalue weighted by atomic mass is 16.5. The van der Waals surface area contributed by atoms with Crippen LogP contribution in [0.5, 0.6) is 5.75 Å². The molecule has 1 aliphatic carbocycles. The highest BCUT2D eigenvalue weighted by Gasteiger charge is 2.31. The Bertz CT molecular complexity index is 1450. The molecule has 0 saturated heterocycles. The zero-order chi connectivity index (χ0) is 33.9. The van der Waals surface area contributed by atoms with E-state index in [0.717, 1.165) is 25.7 Å². The molecule has 0 unspecified atom stereocenters. The van der Waals surface area contributed by atoms with Crippen molar-refractivity contribution in [2.45, 2.75) is 90.4 Å². The third-order valence-corrected chi connectivity index (χ3v) is 7.27. The zero-order valence-corrected chi connectivity index (χ0v) is 27.0. The van der Waals surface area contributed by atoms with E-state index in [1.54, 1.807) is 31.2 Å². The normalized spacial score (nSPS) is 15.9. The average molecular weight is 637 g/mol. The van der Waals surface area contributed by atoms with Crippen LogP contribution in [-0.4, -0.2) is 70.8 Å². The van der Waals surface area contributed by atoms with E-state index in [2.05, 4.69) is 26.4 Å². The van der Waals surface area contributed by atoms with Crippen LogP contribution in [0.3, 0.4) is 0 Å². The molecule has 3 atom stereocenters. The van der Waals surface area contributed by atoms with Gasteiger partial charge in [0.25, 0.3) is 11.8 Å². The van der Waals surface area contributed by atoms with Gasteiger partial charge < -0.3 is 35.6 Å². The number of aliphatic hydroxyl groups is 1. The topological polar surface area (TPSA) is 196 Å². The molecule has 4 amide bonds. The smallest absolute Gasteiger partial charge is 0.274 e. The minimum absolute atomic E-state index is 0.0644. The first-order valence-corrected chi connectivity index (χ1v) is 15.4. The van der Waals surface area contributed by atoms with Crippen molar-refractivity contribution in [1.82, 2.24) is 26.4 Å². The summed E-state index contributed by atoms with van der Waals surface area (Å²) in [5.74, 6) is -1.48. The molecule has 0 aliphatic heterocycles. The molecule has 1 saturated carbocycles. The first-order valence-electron chi connectivity index (χ1n) is 15.4. The standard InChI is InChI=1S/C33H44N6O7/c1-20-14-26(39-46-20)31(43)37-28(21(2)40)32(44)36-27(30(42)35-18-22-10-7-6-8-11-22)19-45-25-13-9-12-23(16-25)15-24(17-34)29(41)38-33(3,4)5/h9,12-16,21-22,27-28,40H,6-8,10-11,18-19H2,1-5H3,(H,35,42)(H,36,44)(H,37,43)(H,38,41)/t21-,27+,28+/m1/s1. The number of carbonyl (C=O) groups is 4. The summed E-state index contributed by atoms with van der Waals surface area (Å²) in [6.07, 6.45) is 5.49. The van der Waals surface area contributed by atoms with Gasteiger partial charge in [0.15, 0.2) is 5.69 Å². The Morgan fingerprint density at radius 1 is 1.13 bits per heavy atom. The number of hydrogen-bond donors (Lipinski definition) is 5. The average Bonchev–Trinajstić information content (AvgIpc) is 3.45. The van der Waals surface area contributed by atoms with Gasteiger partial charge in [-0.1, -0.05) is 36.6 Å². The maximum atomic E-state index is 13.4. The van der Waals surface area contributed by atoms with Gasteiger partial charge in [0.2, 0.25) is 11.8 Å². The van der Waals surface area contributed by atoms with E-state index in [0.29, 0.717) is 29.5 Å². The number of nitrogens with zero attached hydrogens (tertiary/aromatic N) is 2. The minimum atomic E-state index is -1.41. The van der Waals surface area contributed by atoms with E-state index in [1.807, 2.05) is 26.8 Å². The molecule has 1 aliphatic rings. The molecule has 3 rings (SSSR count). The Morgan fingerprint density at radius 3 is 2.46 bits per heavy atom. The lowest BCUT2D eigenvalue weighted by atomic mass is 9.89. The molecule has 0 radical (unpaired) electrons. The van der Waals surface area contributed by atoms with E-state index >= 15 is 0 Å². The van der Waals surface area contributed by atoms with E-state index < -0.39 is 47.4 Å². The number of amides is 4. The van der Waals surface area contributed by atoms with Gasteiger partial charge in [-0.15, -0.1) is 0 Å². The Morgan fingerprint density at radius 2 is 1.85 bits per heavy atom. The van der Waals surface area contributed by atoms with Gasteiger partial charge in [-0.05, 0) is 77.2 Å². The van der Waals surface area contributed by atoms with Gasteiger partial charge in [-0.25, -0.2) is 0 Å². The molecule has 46 heavy (non-hydrogen) atoms. The van der Waals surface area contributed by atoms with Crippen molar-refractivity contribution < 1.29 is 33.5 Å². The van der Waals surface area contributed by atoms with Crippen LogP contribution in [0.1, 0.15) is 81.6 Å². The second-order valence-corrected chi connectivity index (χ2v) is 12.6. The van der Waals surface area contributed by atoms with Gasteiger partial charge in [-0.3, -0.25) is 19.2 Å². The minimum Gasteiger partial charge on any atom is -0.491 e. The van der Waals surface area contributed by atoms with E-state index in [4.69, 9.17) is 9.26 Å². The third kappa shape index (κ3) is 11.3. The van der Waals surface area contributed by atoms with Crippen LogP contribution < -0.4 is 26.0 Å². The van der Waals surface area contributed by atoms with Crippen molar-refractivity contribution in [3.8, 4) is 11.8 Å². The highest BCUT2D eigenvalue weighted by Crippen LogP contribution is 2.23. The van der Waals surface area contributed by atoms with E-state index in [1.165, 1.54) is 25.5 Å². The fourth-order valence-electron chi connectivity index (χ4n) is 4.89.